The van der Waals surface area contributed by atoms with Crippen LogP contribution in [0.5, 0.6) is 0 Å². The molecule has 0 amide bonds. The Morgan fingerprint density at radius 1 is 0.447 bits per heavy atom. The molecule has 6 rings (SSSR count). The molecule has 0 unspecified atom stereocenters. The monoisotopic (exact) mass is 669 g/mol. The molecule has 6 aromatic rings. The number of rotatable bonds is 4. The average molecular weight is 670 g/mol. The molecule has 0 fully saturated rings. The molecule has 0 bridgehead atoms. The Hall–Kier alpha value is -4.13. The SMILES string of the molecule is [Pt+4].[c-]1ccccc1-c1[c-]cccc1.[c-]1ccccc1-c1ccccn1.[c-]1ccccc1Cc1ccccn1. The molecule has 0 spiro atoms. The Kier molecular flexibility index (Phi) is 12.4. The van der Waals surface area contributed by atoms with Crippen LogP contribution in [0.15, 0.2) is 146 Å². The zero-order valence-corrected chi connectivity index (χ0v) is 23.0. The van der Waals surface area contributed by atoms with E-state index in [0.717, 1.165) is 34.5 Å². The molecule has 2 aromatic heterocycles. The van der Waals surface area contributed by atoms with Crippen LogP contribution in [-0.2, 0) is 27.5 Å². The quantitative estimate of drug-likeness (QED) is 0.178. The minimum atomic E-state index is 0. The van der Waals surface area contributed by atoms with Crippen molar-refractivity contribution in [2.24, 2.45) is 0 Å². The van der Waals surface area contributed by atoms with Gasteiger partial charge in [0.2, 0.25) is 0 Å². The van der Waals surface area contributed by atoms with Gasteiger partial charge in [0.25, 0.3) is 0 Å². The zero-order valence-electron chi connectivity index (χ0n) is 20.8. The van der Waals surface area contributed by atoms with Crippen LogP contribution in [0.25, 0.3) is 22.4 Å². The molecule has 3 heteroatoms. The minimum absolute atomic E-state index is 0. The van der Waals surface area contributed by atoms with Crippen molar-refractivity contribution in [3.05, 3.63) is 181 Å². The maximum Gasteiger partial charge on any atom is 4.00 e. The first kappa shape index (κ1) is 28.4. The van der Waals surface area contributed by atoms with E-state index < -0.39 is 0 Å². The van der Waals surface area contributed by atoms with E-state index in [9.17, 15) is 0 Å². The van der Waals surface area contributed by atoms with Crippen molar-refractivity contribution >= 4 is 0 Å². The second-order valence-corrected chi connectivity index (χ2v) is 7.93. The molecule has 0 aliphatic rings. The molecule has 2 heterocycles. The summed E-state index contributed by atoms with van der Waals surface area (Å²) in [5.74, 6) is 0. The fourth-order valence-electron chi connectivity index (χ4n) is 3.43. The molecule has 0 saturated carbocycles. The average Bonchev–Trinajstić information content (AvgIpc) is 3.01. The van der Waals surface area contributed by atoms with E-state index in [4.69, 9.17) is 0 Å². The third-order valence-electron chi connectivity index (χ3n) is 5.23. The molecular formula is C35H26N2Pt. The van der Waals surface area contributed by atoms with Crippen LogP contribution in [0.4, 0.5) is 0 Å². The van der Waals surface area contributed by atoms with E-state index in [1.807, 2.05) is 134 Å². The van der Waals surface area contributed by atoms with Crippen molar-refractivity contribution in [2.45, 2.75) is 6.42 Å². The Morgan fingerprint density at radius 3 is 1.39 bits per heavy atom. The van der Waals surface area contributed by atoms with Gasteiger partial charge in [-0.05, 0) is 30.3 Å². The summed E-state index contributed by atoms with van der Waals surface area (Å²) in [6.07, 6.45) is 4.47. The van der Waals surface area contributed by atoms with Crippen molar-refractivity contribution in [2.75, 3.05) is 0 Å². The van der Waals surface area contributed by atoms with E-state index in [1.165, 1.54) is 5.56 Å². The van der Waals surface area contributed by atoms with Gasteiger partial charge in [0, 0.05) is 18.1 Å². The molecule has 0 N–H and O–H groups in total. The van der Waals surface area contributed by atoms with E-state index in [-0.39, 0.29) is 21.1 Å². The van der Waals surface area contributed by atoms with Crippen LogP contribution in [-0.4, -0.2) is 9.97 Å². The first-order chi connectivity index (χ1) is 18.4. The van der Waals surface area contributed by atoms with Gasteiger partial charge in [0.05, 0.1) is 0 Å². The van der Waals surface area contributed by atoms with Gasteiger partial charge in [0.15, 0.2) is 0 Å². The summed E-state index contributed by atoms with van der Waals surface area (Å²) in [6, 6.07) is 56.1. The Balaban J connectivity index is 0.000000156. The normalized spacial score (nSPS) is 9.47. The van der Waals surface area contributed by atoms with Gasteiger partial charge in [-0.3, -0.25) is 4.98 Å². The number of hydrogen-bond acceptors (Lipinski definition) is 2. The Bertz CT molecular complexity index is 1210. The molecule has 2 nitrogen and oxygen atoms in total. The summed E-state index contributed by atoms with van der Waals surface area (Å²) >= 11 is 0. The first-order valence-electron chi connectivity index (χ1n) is 12.1. The Labute approximate surface area is 240 Å². The minimum Gasteiger partial charge on any atom is -0.305 e. The summed E-state index contributed by atoms with van der Waals surface area (Å²) in [5, 5.41) is 0. The molecule has 38 heavy (non-hydrogen) atoms. The smallest absolute Gasteiger partial charge is 0.305 e. The van der Waals surface area contributed by atoms with Gasteiger partial charge >= 0.3 is 21.1 Å². The summed E-state index contributed by atoms with van der Waals surface area (Å²) in [4.78, 5) is 8.47. The number of nitrogens with zero attached hydrogens (tertiary/aromatic N) is 2. The molecule has 0 radical (unpaired) electrons. The predicted octanol–water partition coefficient (Wildman–Crippen LogP) is 7.97. The van der Waals surface area contributed by atoms with E-state index in [1.54, 1.807) is 6.20 Å². The fraction of sp³-hybridized carbons (Fsp3) is 0.0286. The maximum atomic E-state index is 4.25. The van der Waals surface area contributed by atoms with Gasteiger partial charge in [-0.15, -0.1) is 48.0 Å². The second-order valence-electron chi connectivity index (χ2n) is 7.93. The van der Waals surface area contributed by atoms with E-state index >= 15 is 0 Å². The molecule has 4 aromatic carbocycles. The predicted molar refractivity (Wildman–Crippen MR) is 150 cm³/mol. The molecule has 0 aliphatic heterocycles. The first-order valence-corrected chi connectivity index (χ1v) is 12.1. The van der Waals surface area contributed by atoms with Crippen molar-refractivity contribution in [3.8, 4) is 22.4 Å². The van der Waals surface area contributed by atoms with Crippen LogP contribution in [0, 0.1) is 24.3 Å². The van der Waals surface area contributed by atoms with Gasteiger partial charge < -0.3 is 4.98 Å². The summed E-state index contributed by atoms with van der Waals surface area (Å²) in [5.41, 5.74) is 6.47. The van der Waals surface area contributed by atoms with Gasteiger partial charge in [-0.1, -0.05) is 18.2 Å². The molecule has 0 aliphatic carbocycles. The second kappa shape index (κ2) is 16.6. The van der Waals surface area contributed by atoms with Gasteiger partial charge in [-0.2, -0.15) is 84.4 Å². The van der Waals surface area contributed by atoms with E-state index in [2.05, 4.69) is 40.3 Å². The van der Waals surface area contributed by atoms with Crippen LogP contribution in [0.2, 0.25) is 0 Å². The molecular weight excluding hydrogens is 643 g/mol. The van der Waals surface area contributed by atoms with Crippen LogP contribution in [0.3, 0.4) is 0 Å². The number of pyridine rings is 2. The van der Waals surface area contributed by atoms with Crippen molar-refractivity contribution in [1.82, 2.24) is 9.97 Å². The van der Waals surface area contributed by atoms with Gasteiger partial charge in [-0.25, -0.2) is 11.1 Å². The van der Waals surface area contributed by atoms with Gasteiger partial charge in [0.1, 0.15) is 0 Å². The summed E-state index contributed by atoms with van der Waals surface area (Å²) in [7, 11) is 0. The molecule has 0 atom stereocenters. The molecule has 186 valence electrons. The number of aromatic nitrogens is 2. The van der Waals surface area contributed by atoms with Crippen LogP contribution in [0.1, 0.15) is 11.3 Å². The van der Waals surface area contributed by atoms with Crippen LogP contribution < -0.4 is 0 Å². The van der Waals surface area contributed by atoms with Crippen molar-refractivity contribution < 1.29 is 21.1 Å². The van der Waals surface area contributed by atoms with Crippen molar-refractivity contribution in [3.63, 3.8) is 0 Å². The van der Waals surface area contributed by atoms with Crippen LogP contribution >= 0.6 is 0 Å². The van der Waals surface area contributed by atoms with E-state index in [0.29, 0.717) is 0 Å². The largest absolute Gasteiger partial charge is 4.00 e. The fourth-order valence-corrected chi connectivity index (χ4v) is 3.43. The number of benzene rings is 4. The summed E-state index contributed by atoms with van der Waals surface area (Å²) in [6.45, 7) is 0. The maximum absolute atomic E-state index is 4.25. The molecule has 0 saturated heterocycles. The third kappa shape index (κ3) is 9.73. The zero-order chi connectivity index (χ0) is 25.4. The standard InChI is InChI=1S/C12H10N.C12H8.C11H8N.Pt/c1-2-6-11(7-3-1)10-12-8-4-5-9-13-12;1-3-7-11(8-4-1)12-9-5-2-6-10-12;1-2-6-10(7-3-1)11-8-4-5-9-12-11;/h1-6,8-9H,10H2;1-7,9H;1-6,8-9H;/q-1;-2;-1;+4. The van der Waals surface area contributed by atoms with Crippen molar-refractivity contribution in [1.29, 1.82) is 0 Å². The topological polar surface area (TPSA) is 25.8 Å². The summed E-state index contributed by atoms with van der Waals surface area (Å²) < 4.78 is 0. The third-order valence-corrected chi connectivity index (χ3v) is 5.23. The number of hydrogen-bond donors (Lipinski definition) is 0. The Morgan fingerprint density at radius 2 is 0.947 bits per heavy atom.